The van der Waals surface area contributed by atoms with Gasteiger partial charge in [-0.15, -0.1) is 10.2 Å². The molecule has 1 aliphatic heterocycles. The fraction of sp³-hybridized carbons (Fsp3) is 0.385. The van der Waals surface area contributed by atoms with Crippen molar-refractivity contribution in [2.24, 2.45) is 0 Å². The van der Waals surface area contributed by atoms with Gasteiger partial charge in [0.1, 0.15) is 12.2 Å². The number of rotatable bonds is 3. The van der Waals surface area contributed by atoms with E-state index < -0.39 is 0 Å². The lowest BCUT2D eigenvalue weighted by molar-refractivity contribution is 0.131. The maximum absolute atomic E-state index is 5.94. The number of aromatic nitrogens is 2. The highest BCUT2D eigenvalue weighted by molar-refractivity contribution is 7.15. The largest absolute Gasteiger partial charge is 0.483 e. The smallest absolute Gasteiger partial charge is 0.207 e. The third-order valence-electron chi connectivity index (χ3n) is 2.85. The predicted molar refractivity (Wildman–Crippen MR) is 74.1 cm³/mol. The van der Waals surface area contributed by atoms with Gasteiger partial charge in [0.2, 0.25) is 4.47 Å². The van der Waals surface area contributed by atoms with E-state index in [2.05, 4.69) is 30.1 Å². The van der Waals surface area contributed by atoms with Gasteiger partial charge in [0.15, 0.2) is 16.5 Å². The molecular weight excluding hydrogens is 284 g/mol. The third kappa shape index (κ3) is 2.67. The third-order valence-corrected chi connectivity index (χ3v) is 3.84. The summed E-state index contributed by atoms with van der Waals surface area (Å²) in [5.41, 5.74) is 1.01. The van der Waals surface area contributed by atoms with E-state index in [1.807, 2.05) is 12.1 Å². The molecule has 2 heterocycles. The van der Waals surface area contributed by atoms with Gasteiger partial charge in [0, 0.05) is 12.0 Å². The molecule has 4 nitrogen and oxygen atoms in total. The van der Waals surface area contributed by atoms with Gasteiger partial charge < -0.3 is 9.47 Å². The summed E-state index contributed by atoms with van der Waals surface area (Å²) < 4.78 is 12.1. The van der Waals surface area contributed by atoms with Gasteiger partial charge in [-0.3, -0.25) is 0 Å². The van der Waals surface area contributed by atoms with Crippen molar-refractivity contribution >= 4 is 22.9 Å². The van der Waals surface area contributed by atoms with Crippen LogP contribution in [0.4, 0.5) is 0 Å². The molecular formula is C13H13ClN2O2S. The minimum absolute atomic E-state index is 0.173. The van der Waals surface area contributed by atoms with Gasteiger partial charge in [-0.05, 0) is 31.5 Å². The normalized spacial score (nSPS) is 15.9. The Labute approximate surface area is 120 Å². The monoisotopic (exact) mass is 296 g/mol. The summed E-state index contributed by atoms with van der Waals surface area (Å²) in [7, 11) is 0. The van der Waals surface area contributed by atoms with Crippen molar-refractivity contribution in [3.05, 3.63) is 33.2 Å². The van der Waals surface area contributed by atoms with Crippen LogP contribution in [0.2, 0.25) is 4.47 Å². The van der Waals surface area contributed by atoms with Crippen molar-refractivity contribution < 1.29 is 9.47 Å². The lowest BCUT2D eigenvalue weighted by Gasteiger charge is -2.18. The van der Waals surface area contributed by atoms with Crippen LogP contribution in [0.25, 0.3) is 0 Å². The average molecular weight is 297 g/mol. The van der Waals surface area contributed by atoms with Gasteiger partial charge in [-0.2, -0.15) is 0 Å². The molecule has 1 aliphatic rings. The van der Waals surface area contributed by atoms with Gasteiger partial charge in [0.25, 0.3) is 0 Å². The number of hydrogen-bond acceptors (Lipinski definition) is 5. The molecule has 1 aromatic carbocycles. The van der Waals surface area contributed by atoms with E-state index in [1.165, 1.54) is 16.9 Å². The number of para-hydroxylation sites is 1. The van der Waals surface area contributed by atoms with Crippen LogP contribution in [0.3, 0.4) is 0 Å². The summed E-state index contributed by atoms with van der Waals surface area (Å²) in [4.78, 5) is 0. The van der Waals surface area contributed by atoms with E-state index in [1.54, 1.807) is 0 Å². The molecule has 0 unspecified atom stereocenters. The Kier molecular flexibility index (Phi) is 3.11. The van der Waals surface area contributed by atoms with Gasteiger partial charge in [-0.1, -0.05) is 23.5 Å². The zero-order chi connectivity index (χ0) is 13.5. The lowest BCUT2D eigenvalue weighted by atomic mass is 10.0. The molecule has 0 bridgehead atoms. The number of ether oxygens (including phenoxy) is 2. The molecule has 0 saturated carbocycles. The van der Waals surface area contributed by atoms with Crippen molar-refractivity contribution in [2.45, 2.75) is 32.5 Å². The quantitative estimate of drug-likeness (QED) is 0.870. The van der Waals surface area contributed by atoms with E-state index >= 15 is 0 Å². The van der Waals surface area contributed by atoms with Crippen molar-refractivity contribution in [3.63, 3.8) is 0 Å². The Morgan fingerprint density at radius 3 is 3.00 bits per heavy atom. The summed E-state index contributed by atoms with van der Waals surface area (Å²) in [6, 6.07) is 5.95. The minimum Gasteiger partial charge on any atom is -0.483 e. The number of hydrogen-bond donors (Lipinski definition) is 0. The number of nitrogens with zero attached hydrogens (tertiary/aromatic N) is 2. The zero-order valence-electron chi connectivity index (χ0n) is 10.6. The number of benzene rings is 1. The fourth-order valence-corrected chi connectivity index (χ4v) is 2.91. The first-order chi connectivity index (χ1) is 9.03. The van der Waals surface area contributed by atoms with E-state index in [0.717, 1.165) is 22.9 Å². The van der Waals surface area contributed by atoms with Crippen LogP contribution in [-0.2, 0) is 13.0 Å². The highest BCUT2D eigenvalue weighted by Gasteiger charge is 2.32. The summed E-state index contributed by atoms with van der Waals surface area (Å²) in [5.74, 6) is 1.58. The molecule has 2 aromatic rings. The molecule has 1 aromatic heterocycles. The maximum Gasteiger partial charge on any atom is 0.207 e. The molecule has 0 radical (unpaired) electrons. The minimum atomic E-state index is -0.173. The van der Waals surface area contributed by atoms with E-state index in [9.17, 15) is 0 Å². The zero-order valence-corrected chi connectivity index (χ0v) is 12.2. The van der Waals surface area contributed by atoms with Crippen molar-refractivity contribution in [1.82, 2.24) is 10.2 Å². The fourth-order valence-electron chi connectivity index (χ4n) is 2.13. The Morgan fingerprint density at radius 1 is 1.42 bits per heavy atom. The second-order valence-corrected chi connectivity index (χ2v) is 6.66. The van der Waals surface area contributed by atoms with Crippen LogP contribution in [0.1, 0.15) is 24.4 Å². The SMILES string of the molecule is CC1(C)Cc2cccc(OCc3nnc(Cl)s3)c2O1. The van der Waals surface area contributed by atoms with Crippen LogP contribution in [0.15, 0.2) is 18.2 Å². The van der Waals surface area contributed by atoms with Gasteiger partial charge in [-0.25, -0.2) is 0 Å². The molecule has 0 fully saturated rings. The van der Waals surface area contributed by atoms with Crippen LogP contribution >= 0.6 is 22.9 Å². The molecule has 6 heteroatoms. The summed E-state index contributed by atoms with van der Waals surface area (Å²) in [6.45, 7) is 4.49. The number of fused-ring (bicyclic) bond motifs is 1. The van der Waals surface area contributed by atoms with Crippen LogP contribution in [0.5, 0.6) is 11.5 Å². The molecule has 0 spiro atoms. The lowest BCUT2D eigenvalue weighted by Crippen LogP contribution is -2.24. The first-order valence-electron chi connectivity index (χ1n) is 5.95. The van der Waals surface area contributed by atoms with Gasteiger partial charge >= 0.3 is 0 Å². The van der Waals surface area contributed by atoms with Crippen molar-refractivity contribution in [3.8, 4) is 11.5 Å². The molecule has 3 rings (SSSR count). The molecule has 0 saturated heterocycles. The summed E-state index contributed by atoms with van der Waals surface area (Å²) in [5, 5.41) is 8.42. The Hall–Kier alpha value is -1.33. The summed E-state index contributed by atoms with van der Waals surface area (Å²) in [6.07, 6.45) is 0.893. The molecule has 19 heavy (non-hydrogen) atoms. The highest BCUT2D eigenvalue weighted by Crippen LogP contribution is 2.42. The van der Waals surface area contributed by atoms with Gasteiger partial charge in [0.05, 0.1) is 0 Å². The predicted octanol–water partition coefficient (Wildman–Crippen LogP) is 3.48. The average Bonchev–Trinajstić information content (AvgIpc) is 2.88. The van der Waals surface area contributed by atoms with E-state index in [-0.39, 0.29) is 5.60 Å². The Balaban J connectivity index is 1.78. The van der Waals surface area contributed by atoms with Crippen LogP contribution in [-0.4, -0.2) is 15.8 Å². The molecule has 100 valence electrons. The Morgan fingerprint density at radius 2 is 2.26 bits per heavy atom. The molecule has 0 atom stereocenters. The van der Waals surface area contributed by atoms with Crippen LogP contribution in [0, 0.1) is 0 Å². The standard InChI is InChI=1S/C13H13ClN2O2S/c1-13(2)6-8-4-3-5-9(11(8)18-13)17-7-10-15-16-12(14)19-10/h3-5H,6-7H2,1-2H3. The first-order valence-corrected chi connectivity index (χ1v) is 7.14. The molecule has 0 aliphatic carbocycles. The topological polar surface area (TPSA) is 44.2 Å². The Bertz CT molecular complexity index is 612. The maximum atomic E-state index is 5.94. The summed E-state index contributed by atoms with van der Waals surface area (Å²) >= 11 is 7.06. The van der Waals surface area contributed by atoms with Crippen LogP contribution < -0.4 is 9.47 Å². The number of halogens is 1. The van der Waals surface area contributed by atoms with E-state index in [4.69, 9.17) is 21.1 Å². The molecule has 0 amide bonds. The second-order valence-electron chi connectivity index (χ2n) is 5.02. The van der Waals surface area contributed by atoms with Crippen molar-refractivity contribution in [1.29, 1.82) is 0 Å². The second kappa shape index (κ2) is 4.65. The highest BCUT2D eigenvalue weighted by atomic mass is 35.5. The first kappa shape index (κ1) is 12.7. The van der Waals surface area contributed by atoms with Crippen molar-refractivity contribution in [2.75, 3.05) is 0 Å². The van der Waals surface area contributed by atoms with E-state index in [0.29, 0.717) is 11.1 Å². The molecule has 0 N–H and O–H groups in total.